The molecular weight excluding hydrogens is 283 g/mol. The molecular formula is C12H13ClF3NO2. The number of aliphatic carboxylic acids is 1. The third-order valence-corrected chi connectivity index (χ3v) is 2.88. The van der Waals surface area contributed by atoms with Crippen LogP contribution in [0, 0.1) is 0 Å². The number of hydrogen-bond acceptors (Lipinski definition) is 2. The summed E-state index contributed by atoms with van der Waals surface area (Å²) in [6.07, 6.45) is -5.56. The van der Waals surface area contributed by atoms with Gasteiger partial charge in [-0.3, -0.25) is 9.69 Å². The van der Waals surface area contributed by atoms with Crippen molar-refractivity contribution >= 4 is 17.6 Å². The average molecular weight is 296 g/mol. The van der Waals surface area contributed by atoms with Gasteiger partial charge in [-0.2, -0.15) is 13.2 Å². The number of hydrogen-bond donors (Lipinski definition) is 1. The van der Waals surface area contributed by atoms with Gasteiger partial charge in [0.25, 0.3) is 0 Å². The van der Waals surface area contributed by atoms with Gasteiger partial charge in [0.1, 0.15) is 6.04 Å². The summed E-state index contributed by atoms with van der Waals surface area (Å²) in [4.78, 5) is 11.5. The highest BCUT2D eigenvalue weighted by atomic mass is 35.5. The molecule has 7 heteroatoms. The van der Waals surface area contributed by atoms with E-state index in [0.717, 1.165) is 4.90 Å². The van der Waals surface area contributed by atoms with Crippen molar-refractivity contribution in [1.82, 2.24) is 4.90 Å². The molecule has 0 heterocycles. The van der Waals surface area contributed by atoms with Crippen LogP contribution < -0.4 is 0 Å². The van der Waals surface area contributed by atoms with Crippen molar-refractivity contribution in [2.24, 2.45) is 0 Å². The zero-order valence-electron chi connectivity index (χ0n) is 10.1. The first-order chi connectivity index (χ1) is 8.70. The molecule has 0 saturated heterocycles. The van der Waals surface area contributed by atoms with Crippen LogP contribution in [0.1, 0.15) is 12.0 Å². The van der Waals surface area contributed by atoms with E-state index >= 15 is 0 Å². The van der Waals surface area contributed by atoms with Gasteiger partial charge in [-0.1, -0.05) is 23.7 Å². The normalized spacial score (nSPS) is 13.6. The maximum Gasteiger partial charge on any atom is 0.404 e. The van der Waals surface area contributed by atoms with Crippen molar-refractivity contribution in [3.63, 3.8) is 0 Å². The molecule has 0 amide bonds. The van der Waals surface area contributed by atoms with Crippen molar-refractivity contribution in [3.8, 4) is 0 Å². The molecule has 1 aromatic carbocycles. The van der Waals surface area contributed by atoms with Gasteiger partial charge in [0.05, 0.1) is 6.42 Å². The fourth-order valence-electron chi connectivity index (χ4n) is 1.67. The Morgan fingerprint density at radius 1 is 1.37 bits per heavy atom. The topological polar surface area (TPSA) is 40.5 Å². The first kappa shape index (κ1) is 15.8. The lowest BCUT2D eigenvalue weighted by Gasteiger charge is -2.28. The second kappa shape index (κ2) is 6.25. The lowest BCUT2D eigenvalue weighted by atomic mass is 10.1. The van der Waals surface area contributed by atoms with Crippen LogP contribution in [0.2, 0.25) is 5.02 Å². The van der Waals surface area contributed by atoms with Crippen LogP contribution in [0.25, 0.3) is 0 Å². The SMILES string of the molecule is CN(Cc1ccc(Cl)cc1)C(CC(=O)O)C(F)(F)F. The second-order valence-corrected chi connectivity index (χ2v) is 4.63. The Labute approximate surface area is 113 Å². The van der Waals surface area contributed by atoms with E-state index in [0.29, 0.717) is 10.6 Å². The van der Waals surface area contributed by atoms with E-state index < -0.39 is 24.6 Å². The van der Waals surface area contributed by atoms with Gasteiger partial charge in [-0.15, -0.1) is 0 Å². The van der Waals surface area contributed by atoms with E-state index in [4.69, 9.17) is 16.7 Å². The molecule has 3 nitrogen and oxygen atoms in total. The lowest BCUT2D eigenvalue weighted by molar-refractivity contribution is -0.188. The Morgan fingerprint density at radius 3 is 2.32 bits per heavy atom. The van der Waals surface area contributed by atoms with Crippen LogP contribution in [-0.2, 0) is 11.3 Å². The lowest BCUT2D eigenvalue weighted by Crippen LogP contribution is -2.44. The summed E-state index contributed by atoms with van der Waals surface area (Å²) < 4.78 is 38.3. The number of carbonyl (C=O) groups is 1. The molecule has 0 bridgehead atoms. The fraction of sp³-hybridized carbons (Fsp3) is 0.417. The Balaban J connectivity index is 2.79. The Kier molecular flexibility index (Phi) is 5.20. The summed E-state index contributed by atoms with van der Waals surface area (Å²) >= 11 is 5.68. The van der Waals surface area contributed by atoms with Crippen LogP contribution >= 0.6 is 11.6 Å². The molecule has 1 unspecified atom stereocenters. The molecule has 1 aromatic rings. The molecule has 0 fully saturated rings. The van der Waals surface area contributed by atoms with Crippen molar-refractivity contribution in [2.45, 2.75) is 25.2 Å². The van der Waals surface area contributed by atoms with Gasteiger partial charge in [-0.05, 0) is 24.7 Å². The number of carboxylic acid groups (broad SMARTS) is 1. The standard InChI is InChI=1S/C12H13ClF3NO2/c1-17(7-8-2-4-9(13)5-3-8)10(6-11(18)19)12(14,15)16/h2-5,10H,6-7H2,1H3,(H,18,19). The van der Waals surface area contributed by atoms with Gasteiger partial charge < -0.3 is 5.11 Å². The number of benzene rings is 1. The van der Waals surface area contributed by atoms with Crippen LogP contribution in [-0.4, -0.2) is 35.2 Å². The second-order valence-electron chi connectivity index (χ2n) is 4.20. The van der Waals surface area contributed by atoms with E-state index in [1.807, 2.05) is 0 Å². The molecule has 0 aliphatic rings. The third kappa shape index (κ3) is 5.08. The molecule has 0 aromatic heterocycles. The number of alkyl halides is 3. The van der Waals surface area contributed by atoms with Gasteiger partial charge in [0, 0.05) is 11.6 Å². The van der Waals surface area contributed by atoms with E-state index in [2.05, 4.69) is 0 Å². The summed E-state index contributed by atoms with van der Waals surface area (Å²) in [6, 6.07) is 4.34. The Hall–Kier alpha value is -1.27. The number of carboxylic acids is 1. The highest BCUT2D eigenvalue weighted by Gasteiger charge is 2.43. The summed E-state index contributed by atoms with van der Waals surface area (Å²) in [5.74, 6) is -1.48. The number of nitrogens with zero attached hydrogens (tertiary/aromatic N) is 1. The van der Waals surface area contributed by atoms with Crippen LogP contribution in [0.5, 0.6) is 0 Å². The Morgan fingerprint density at radius 2 is 1.89 bits per heavy atom. The molecule has 1 N–H and O–H groups in total. The monoisotopic (exact) mass is 295 g/mol. The average Bonchev–Trinajstić information content (AvgIpc) is 2.27. The van der Waals surface area contributed by atoms with E-state index in [9.17, 15) is 18.0 Å². The fourth-order valence-corrected chi connectivity index (χ4v) is 1.80. The molecule has 0 radical (unpaired) electrons. The predicted molar refractivity (Wildman–Crippen MR) is 65.0 cm³/mol. The predicted octanol–water partition coefficient (Wildman–Crippen LogP) is 3.18. The van der Waals surface area contributed by atoms with Crippen LogP contribution in [0.15, 0.2) is 24.3 Å². The highest BCUT2D eigenvalue weighted by molar-refractivity contribution is 6.30. The van der Waals surface area contributed by atoms with Gasteiger partial charge in [0.15, 0.2) is 0 Å². The first-order valence-corrected chi connectivity index (χ1v) is 5.81. The minimum atomic E-state index is -4.58. The maximum atomic E-state index is 12.8. The van der Waals surface area contributed by atoms with E-state index in [1.54, 1.807) is 24.3 Å². The quantitative estimate of drug-likeness (QED) is 0.907. The summed E-state index contributed by atoms with van der Waals surface area (Å²) in [6.45, 7) is -0.00533. The minimum Gasteiger partial charge on any atom is -0.481 e. The van der Waals surface area contributed by atoms with Gasteiger partial charge in [-0.25, -0.2) is 0 Å². The van der Waals surface area contributed by atoms with E-state index in [1.165, 1.54) is 7.05 Å². The van der Waals surface area contributed by atoms with Gasteiger partial charge in [0.2, 0.25) is 0 Å². The molecule has 1 atom stereocenters. The summed E-state index contributed by atoms with van der Waals surface area (Å²) in [7, 11) is 1.25. The maximum absolute atomic E-state index is 12.8. The minimum absolute atomic E-state index is 0.00533. The molecule has 106 valence electrons. The van der Waals surface area contributed by atoms with Crippen molar-refractivity contribution in [2.75, 3.05) is 7.05 Å². The molecule has 0 saturated carbocycles. The van der Waals surface area contributed by atoms with Crippen LogP contribution in [0.3, 0.4) is 0 Å². The first-order valence-electron chi connectivity index (χ1n) is 5.43. The molecule has 19 heavy (non-hydrogen) atoms. The zero-order valence-corrected chi connectivity index (χ0v) is 10.9. The van der Waals surface area contributed by atoms with E-state index in [-0.39, 0.29) is 6.54 Å². The largest absolute Gasteiger partial charge is 0.481 e. The van der Waals surface area contributed by atoms with Crippen LogP contribution in [0.4, 0.5) is 13.2 Å². The van der Waals surface area contributed by atoms with Gasteiger partial charge >= 0.3 is 12.1 Å². The zero-order chi connectivity index (χ0) is 14.6. The van der Waals surface area contributed by atoms with Crippen molar-refractivity contribution in [1.29, 1.82) is 0 Å². The van der Waals surface area contributed by atoms with Crippen molar-refractivity contribution in [3.05, 3.63) is 34.9 Å². The Bertz CT molecular complexity index is 434. The third-order valence-electron chi connectivity index (χ3n) is 2.62. The number of rotatable bonds is 5. The summed E-state index contributed by atoms with van der Waals surface area (Å²) in [5.41, 5.74) is 0.631. The smallest absolute Gasteiger partial charge is 0.404 e. The molecule has 0 spiro atoms. The molecule has 0 aliphatic heterocycles. The highest BCUT2D eigenvalue weighted by Crippen LogP contribution is 2.27. The summed E-state index contributed by atoms with van der Waals surface area (Å²) in [5, 5.41) is 9.04. The number of halogens is 4. The molecule has 0 aliphatic carbocycles. The molecule has 1 rings (SSSR count). The van der Waals surface area contributed by atoms with Crippen molar-refractivity contribution < 1.29 is 23.1 Å².